The van der Waals surface area contributed by atoms with E-state index in [9.17, 15) is 14.4 Å². The van der Waals surface area contributed by atoms with E-state index in [1.807, 2.05) is 30.3 Å². The first-order valence-corrected chi connectivity index (χ1v) is 12.7. The summed E-state index contributed by atoms with van der Waals surface area (Å²) in [6.07, 6.45) is 3.84. The summed E-state index contributed by atoms with van der Waals surface area (Å²) in [7, 11) is 0. The lowest BCUT2D eigenvalue weighted by molar-refractivity contribution is -0.138. The van der Waals surface area contributed by atoms with Crippen LogP contribution in [0.5, 0.6) is 0 Å². The summed E-state index contributed by atoms with van der Waals surface area (Å²) in [5.74, 6) is -0.762. The summed E-state index contributed by atoms with van der Waals surface area (Å²) in [4.78, 5) is 39.1. The number of amides is 3. The lowest BCUT2D eigenvalue weighted by atomic mass is 9.87. The van der Waals surface area contributed by atoms with Crippen molar-refractivity contribution in [1.29, 1.82) is 5.26 Å². The predicted octanol–water partition coefficient (Wildman–Crippen LogP) is 3.02. The fourth-order valence-corrected chi connectivity index (χ4v) is 4.70. The molecule has 5 rings (SSSR count). The molecule has 3 aliphatic rings. The number of carboxylic acids is 1. The van der Waals surface area contributed by atoms with Crippen molar-refractivity contribution < 1.29 is 19.5 Å². The second-order valence-electron chi connectivity index (χ2n) is 9.97. The molecule has 9 heteroatoms. The van der Waals surface area contributed by atoms with E-state index in [4.69, 9.17) is 16.1 Å². The zero-order valence-corrected chi connectivity index (χ0v) is 20.8. The minimum Gasteiger partial charge on any atom is -0.481 e. The van der Waals surface area contributed by atoms with Crippen LogP contribution in [0.15, 0.2) is 54.6 Å². The molecule has 3 fully saturated rings. The molecule has 3 amide bonds. The van der Waals surface area contributed by atoms with Gasteiger partial charge in [0.1, 0.15) is 5.54 Å². The van der Waals surface area contributed by atoms with Gasteiger partial charge in [0.15, 0.2) is 0 Å². The van der Waals surface area contributed by atoms with Crippen LogP contribution < -0.4 is 11.1 Å². The first-order chi connectivity index (χ1) is 17.8. The Morgan fingerprint density at radius 2 is 1.76 bits per heavy atom. The van der Waals surface area contributed by atoms with E-state index in [0.717, 1.165) is 50.0 Å². The molecular formula is C28H33N5O4. The van der Waals surface area contributed by atoms with Crippen LogP contribution in [0.1, 0.15) is 54.8 Å². The molecular weight excluding hydrogens is 470 g/mol. The Labute approximate surface area is 216 Å². The Morgan fingerprint density at radius 1 is 1.11 bits per heavy atom. The minimum atomic E-state index is -0.804. The molecule has 2 saturated heterocycles. The molecule has 0 aromatic heterocycles. The minimum absolute atomic E-state index is 0.00665. The molecule has 2 aromatic rings. The van der Waals surface area contributed by atoms with Crippen LogP contribution in [0.2, 0.25) is 0 Å². The van der Waals surface area contributed by atoms with Gasteiger partial charge in [0.25, 0.3) is 5.91 Å². The van der Waals surface area contributed by atoms with Gasteiger partial charge in [0.2, 0.25) is 0 Å². The van der Waals surface area contributed by atoms with E-state index in [1.165, 1.54) is 4.90 Å². The number of aliphatic carboxylic acids is 1. The van der Waals surface area contributed by atoms with Gasteiger partial charge in [-0.3, -0.25) is 14.5 Å². The fourth-order valence-electron chi connectivity index (χ4n) is 4.70. The smallest absolute Gasteiger partial charge is 0.325 e. The second kappa shape index (κ2) is 11.5. The lowest BCUT2D eigenvalue weighted by Crippen LogP contribution is -2.55. The molecule has 2 aromatic carbocycles. The van der Waals surface area contributed by atoms with Crippen molar-refractivity contribution in [3.8, 4) is 6.07 Å². The van der Waals surface area contributed by atoms with E-state index >= 15 is 0 Å². The number of nitrogens with zero attached hydrogens (tertiary/aromatic N) is 3. The van der Waals surface area contributed by atoms with Crippen LogP contribution >= 0.6 is 0 Å². The summed E-state index contributed by atoms with van der Waals surface area (Å²) < 4.78 is 0. The van der Waals surface area contributed by atoms with Crippen LogP contribution in [0, 0.1) is 17.2 Å². The van der Waals surface area contributed by atoms with E-state index in [1.54, 1.807) is 24.3 Å². The van der Waals surface area contributed by atoms with Gasteiger partial charge in [-0.2, -0.15) is 5.26 Å². The Morgan fingerprint density at radius 3 is 2.30 bits per heavy atom. The van der Waals surface area contributed by atoms with Gasteiger partial charge in [-0.05, 0) is 61.9 Å². The first-order valence-electron chi connectivity index (χ1n) is 12.7. The number of likely N-dealkylation sites (tertiary alicyclic amines) is 1. The van der Waals surface area contributed by atoms with Crippen LogP contribution in [-0.4, -0.2) is 58.0 Å². The zero-order valence-electron chi connectivity index (χ0n) is 20.8. The summed E-state index contributed by atoms with van der Waals surface area (Å²) in [6.45, 7) is 2.58. The largest absolute Gasteiger partial charge is 0.481 e. The maximum atomic E-state index is 13.1. The molecule has 194 valence electrons. The lowest BCUT2D eigenvalue weighted by Gasteiger charge is -2.37. The molecule has 1 spiro atoms. The topological polar surface area (TPSA) is 140 Å². The van der Waals surface area contributed by atoms with Gasteiger partial charge in [-0.15, -0.1) is 0 Å². The number of carbonyl (C=O) groups is 3. The maximum absolute atomic E-state index is 13.1. The number of piperidine rings is 1. The molecule has 2 heterocycles. The number of hydrogen-bond acceptors (Lipinski definition) is 6. The van der Waals surface area contributed by atoms with Gasteiger partial charge in [-0.1, -0.05) is 42.5 Å². The molecule has 0 bridgehead atoms. The van der Waals surface area contributed by atoms with Gasteiger partial charge >= 0.3 is 12.0 Å². The number of benzene rings is 2. The highest BCUT2D eigenvalue weighted by Gasteiger charge is 2.52. The van der Waals surface area contributed by atoms with Gasteiger partial charge in [-0.25, -0.2) is 4.79 Å². The third-order valence-corrected chi connectivity index (χ3v) is 7.29. The zero-order chi connectivity index (χ0) is 26.4. The quantitative estimate of drug-likeness (QED) is 0.494. The fraction of sp³-hybridized carbons (Fsp3) is 0.429. The van der Waals surface area contributed by atoms with Crippen molar-refractivity contribution in [2.75, 3.05) is 19.6 Å². The Balaban J connectivity index is 0.000000469. The number of nitriles is 1. The molecule has 0 radical (unpaired) electrons. The molecule has 1 atom stereocenters. The number of nitrogens with two attached hydrogens (primary N) is 1. The van der Waals surface area contributed by atoms with Crippen LogP contribution in [0.3, 0.4) is 0 Å². The van der Waals surface area contributed by atoms with Crippen LogP contribution in [-0.2, 0) is 16.1 Å². The number of urea groups is 1. The molecule has 1 saturated carbocycles. The first kappa shape index (κ1) is 26.3. The highest BCUT2D eigenvalue weighted by molar-refractivity contribution is 6.07. The van der Waals surface area contributed by atoms with Gasteiger partial charge < -0.3 is 21.1 Å². The van der Waals surface area contributed by atoms with Crippen molar-refractivity contribution in [3.05, 3.63) is 71.3 Å². The third-order valence-electron chi connectivity index (χ3n) is 7.29. The molecule has 0 unspecified atom stereocenters. The Kier molecular flexibility index (Phi) is 8.21. The number of nitrogens with one attached hydrogen (secondary N) is 1. The third kappa shape index (κ3) is 6.53. The van der Waals surface area contributed by atoms with Crippen molar-refractivity contribution >= 4 is 17.9 Å². The van der Waals surface area contributed by atoms with Gasteiger partial charge in [0.05, 0.1) is 24.1 Å². The highest BCUT2D eigenvalue weighted by Crippen LogP contribution is 2.31. The van der Waals surface area contributed by atoms with E-state index in [0.29, 0.717) is 18.4 Å². The molecule has 4 N–H and O–H groups in total. The van der Waals surface area contributed by atoms with E-state index in [2.05, 4.69) is 16.3 Å². The SMILES string of the molecule is N#Cc1ccc(CN2C(=O)NC3(CCN(CC[C@H](N)c4ccccc4)CC3)C2=O)cc1.O=C(O)C1CC1. The van der Waals surface area contributed by atoms with Gasteiger partial charge in [0, 0.05) is 19.1 Å². The Hall–Kier alpha value is -3.74. The van der Waals surface area contributed by atoms with Crippen LogP contribution in [0.4, 0.5) is 4.79 Å². The maximum Gasteiger partial charge on any atom is 0.325 e. The summed E-state index contributed by atoms with van der Waals surface area (Å²) in [5.41, 5.74) is 8.02. The number of hydrogen-bond donors (Lipinski definition) is 3. The summed E-state index contributed by atoms with van der Waals surface area (Å²) in [5, 5.41) is 19.9. The van der Waals surface area contributed by atoms with E-state index < -0.39 is 11.5 Å². The number of rotatable bonds is 7. The molecule has 37 heavy (non-hydrogen) atoms. The molecule has 2 aliphatic heterocycles. The summed E-state index contributed by atoms with van der Waals surface area (Å²) in [6, 6.07) is 18.8. The standard InChI is InChI=1S/C24H27N5O2.C4H6O2/c25-16-18-6-8-19(9-7-18)17-29-22(30)24(27-23(29)31)11-14-28(15-12-24)13-10-21(26)20-4-2-1-3-5-20;5-4(6)3-1-2-3/h1-9,21H,10-15,17,26H2,(H,27,31);3H,1-2H2,(H,5,6)/t21-;/m0./s1. The average molecular weight is 504 g/mol. The number of carboxylic acid groups (broad SMARTS) is 1. The average Bonchev–Trinajstić information content (AvgIpc) is 3.75. The Bertz CT molecular complexity index is 1150. The number of carbonyl (C=O) groups excluding carboxylic acids is 2. The predicted molar refractivity (Wildman–Crippen MR) is 137 cm³/mol. The highest BCUT2D eigenvalue weighted by atomic mass is 16.4. The van der Waals surface area contributed by atoms with Crippen molar-refractivity contribution in [3.63, 3.8) is 0 Å². The molecule has 9 nitrogen and oxygen atoms in total. The van der Waals surface area contributed by atoms with E-state index in [-0.39, 0.29) is 30.4 Å². The van der Waals surface area contributed by atoms with Crippen molar-refractivity contribution in [2.45, 2.75) is 50.2 Å². The monoisotopic (exact) mass is 503 g/mol. The molecule has 1 aliphatic carbocycles. The second-order valence-corrected chi connectivity index (χ2v) is 9.97. The normalized spacial score (nSPS) is 19.5. The van der Waals surface area contributed by atoms with Crippen LogP contribution in [0.25, 0.3) is 0 Å². The van der Waals surface area contributed by atoms with Crippen molar-refractivity contribution in [1.82, 2.24) is 15.1 Å². The number of imide groups is 1. The van der Waals surface area contributed by atoms with Crippen molar-refractivity contribution in [2.24, 2.45) is 11.7 Å². The summed E-state index contributed by atoms with van der Waals surface area (Å²) >= 11 is 0.